The molecule has 1 saturated heterocycles. The van der Waals surface area contributed by atoms with Crippen LogP contribution in [0, 0.1) is 0 Å². The molecule has 218 valence electrons. The Morgan fingerprint density at radius 3 is 2.30 bits per heavy atom. The van der Waals surface area contributed by atoms with Gasteiger partial charge in [0.25, 0.3) is 0 Å². The number of morpholine rings is 1. The van der Waals surface area contributed by atoms with Crippen molar-refractivity contribution < 1.29 is 24.2 Å². The number of hydrogen-bond acceptors (Lipinski definition) is 7. The maximum atomic E-state index is 13.8. The monoisotopic (exact) mass is 575 g/mol. The standard InChI is InChI=1S/C35H33N3O5/c39-33(30-20-27(18-25-8-3-1-4-9-25)19-28(21-30)22-37-14-16-42-17-15-37)32-34(40)31-29(12-7-13-36-31)23-38(32)35(41)43-24-26-10-5-2-6-11-26/h1-13,19-21,39H,14-18,22-24H2/b33-32+. The number of pyridine rings is 1. The minimum atomic E-state index is -0.720. The third-order valence-corrected chi connectivity index (χ3v) is 7.66. The molecule has 0 radical (unpaired) electrons. The molecule has 0 spiro atoms. The van der Waals surface area contributed by atoms with Gasteiger partial charge in [-0.25, -0.2) is 4.79 Å². The maximum Gasteiger partial charge on any atom is 0.415 e. The summed E-state index contributed by atoms with van der Waals surface area (Å²) in [5.74, 6) is -0.810. The minimum Gasteiger partial charge on any atom is -0.505 e. The van der Waals surface area contributed by atoms with Crippen molar-refractivity contribution in [2.24, 2.45) is 0 Å². The normalized spacial score (nSPS) is 16.5. The number of ketones is 1. The van der Waals surface area contributed by atoms with Gasteiger partial charge in [-0.3, -0.25) is 19.6 Å². The van der Waals surface area contributed by atoms with E-state index in [-0.39, 0.29) is 30.3 Å². The van der Waals surface area contributed by atoms with Crippen molar-refractivity contribution in [1.82, 2.24) is 14.8 Å². The lowest BCUT2D eigenvalue weighted by Gasteiger charge is -2.30. The molecule has 8 nitrogen and oxygen atoms in total. The van der Waals surface area contributed by atoms with Crippen LogP contribution in [-0.2, 0) is 35.6 Å². The van der Waals surface area contributed by atoms with Gasteiger partial charge in [0.1, 0.15) is 18.0 Å². The molecule has 1 N–H and O–H groups in total. The largest absolute Gasteiger partial charge is 0.505 e. The Morgan fingerprint density at radius 2 is 1.56 bits per heavy atom. The third kappa shape index (κ3) is 6.66. The SMILES string of the molecule is O=C1/C(=C(\O)c2cc(Cc3ccccc3)cc(CN3CCOCC3)c2)N(C(=O)OCc2ccccc2)Cc2cccnc21. The number of fused-ring (bicyclic) bond motifs is 1. The van der Waals surface area contributed by atoms with Gasteiger partial charge in [0.05, 0.1) is 19.8 Å². The van der Waals surface area contributed by atoms with Crippen molar-refractivity contribution in [3.05, 3.63) is 142 Å². The van der Waals surface area contributed by atoms with E-state index >= 15 is 0 Å². The lowest BCUT2D eigenvalue weighted by Crippen LogP contribution is -2.39. The van der Waals surface area contributed by atoms with Crippen molar-refractivity contribution in [3.8, 4) is 0 Å². The lowest BCUT2D eigenvalue weighted by atomic mass is 9.95. The topological polar surface area (TPSA) is 92.2 Å². The van der Waals surface area contributed by atoms with E-state index in [9.17, 15) is 14.7 Å². The van der Waals surface area contributed by atoms with Gasteiger partial charge < -0.3 is 14.6 Å². The summed E-state index contributed by atoms with van der Waals surface area (Å²) in [6.45, 7) is 3.73. The van der Waals surface area contributed by atoms with Crippen molar-refractivity contribution in [3.63, 3.8) is 0 Å². The molecule has 3 aromatic carbocycles. The van der Waals surface area contributed by atoms with E-state index in [1.165, 1.54) is 11.1 Å². The molecular weight excluding hydrogens is 542 g/mol. The number of aliphatic hydroxyl groups is 1. The quantitative estimate of drug-likeness (QED) is 0.221. The van der Waals surface area contributed by atoms with Gasteiger partial charge >= 0.3 is 6.09 Å². The highest BCUT2D eigenvalue weighted by molar-refractivity contribution is 6.14. The molecule has 0 atom stereocenters. The molecule has 0 aliphatic carbocycles. The summed E-state index contributed by atoms with van der Waals surface area (Å²) < 4.78 is 11.1. The number of Topliss-reactive ketones (excluding diaryl/α,β-unsaturated/α-hetero) is 1. The first-order valence-corrected chi connectivity index (χ1v) is 14.4. The number of aliphatic hydroxyl groups excluding tert-OH is 1. The minimum absolute atomic E-state index is 0.0363. The summed E-state index contributed by atoms with van der Waals surface area (Å²) in [4.78, 5) is 35.1. The van der Waals surface area contributed by atoms with E-state index in [4.69, 9.17) is 9.47 Å². The number of nitrogens with zero attached hydrogens (tertiary/aromatic N) is 3. The van der Waals surface area contributed by atoms with Crippen LogP contribution in [0.1, 0.15) is 43.9 Å². The van der Waals surface area contributed by atoms with Crippen LogP contribution in [0.5, 0.6) is 0 Å². The van der Waals surface area contributed by atoms with Crippen molar-refractivity contribution in [2.75, 3.05) is 26.3 Å². The molecule has 3 heterocycles. The number of amides is 1. The highest BCUT2D eigenvalue weighted by atomic mass is 16.6. The number of rotatable bonds is 7. The van der Waals surface area contributed by atoms with Crippen molar-refractivity contribution in [2.45, 2.75) is 26.1 Å². The average Bonchev–Trinajstić information content (AvgIpc) is 3.04. The van der Waals surface area contributed by atoms with Crippen LogP contribution in [0.15, 0.2) is 103 Å². The summed E-state index contributed by atoms with van der Waals surface area (Å²) in [5, 5.41) is 11.8. The molecule has 8 heteroatoms. The average molecular weight is 576 g/mol. The molecule has 1 fully saturated rings. The van der Waals surface area contributed by atoms with Crippen LogP contribution in [0.4, 0.5) is 4.79 Å². The fourth-order valence-corrected chi connectivity index (χ4v) is 5.52. The van der Waals surface area contributed by atoms with E-state index in [0.29, 0.717) is 37.3 Å². The Bertz CT molecular complexity index is 1630. The van der Waals surface area contributed by atoms with Crippen LogP contribution >= 0.6 is 0 Å². The van der Waals surface area contributed by atoms with Crippen LogP contribution in [0.25, 0.3) is 5.76 Å². The van der Waals surface area contributed by atoms with Crippen LogP contribution in [0.2, 0.25) is 0 Å². The second-order valence-electron chi connectivity index (χ2n) is 10.8. The van der Waals surface area contributed by atoms with Gasteiger partial charge in [0, 0.05) is 37.0 Å². The molecule has 4 aromatic rings. The van der Waals surface area contributed by atoms with Crippen molar-refractivity contribution in [1.29, 1.82) is 0 Å². The van der Waals surface area contributed by atoms with Crippen LogP contribution in [0.3, 0.4) is 0 Å². The molecule has 2 aliphatic rings. The lowest BCUT2D eigenvalue weighted by molar-refractivity contribution is 0.0342. The number of carbonyl (C=O) groups is 2. The number of ether oxygens (including phenoxy) is 2. The Balaban J connectivity index is 1.39. The molecular formula is C35H33N3O5. The van der Waals surface area contributed by atoms with Crippen molar-refractivity contribution >= 4 is 17.6 Å². The predicted octanol–water partition coefficient (Wildman–Crippen LogP) is 5.77. The Labute approximate surface area is 250 Å². The van der Waals surface area contributed by atoms with E-state index < -0.39 is 11.9 Å². The molecule has 1 aromatic heterocycles. The summed E-state index contributed by atoms with van der Waals surface area (Å²) in [6.07, 6.45) is 1.46. The van der Waals surface area contributed by atoms with Gasteiger partial charge in [0.2, 0.25) is 5.78 Å². The number of carbonyl (C=O) groups excluding carboxylic acids is 2. The number of allylic oxidation sites excluding steroid dienone is 1. The van der Waals surface area contributed by atoms with Gasteiger partial charge in [0.15, 0.2) is 5.76 Å². The second-order valence-corrected chi connectivity index (χ2v) is 10.8. The molecule has 0 bridgehead atoms. The van der Waals surface area contributed by atoms with Gasteiger partial charge in [-0.2, -0.15) is 0 Å². The number of benzene rings is 3. The van der Waals surface area contributed by atoms with Gasteiger partial charge in [-0.1, -0.05) is 72.8 Å². The molecule has 6 rings (SSSR count). The first-order chi connectivity index (χ1) is 21.0. The fourth-order valence-electron chi connectivity index (χ4n) is 5.52. The summed E-state index contributed by atoms with van der Waals surface area (Å²) in [7, 11) is 0. The zero-order chi connectivity index (χ0) is 29.6. The Morgan fingerprint density at radius 1 is 0.860 bits per heavy atom. The van der Waals surface area contributed by atoms with E-state index in [2.05, 4.69) is 28.1 Å². The van der Waals surface area contributed by atoms with Gasteiger partial charge in [-0.15, -0.1) is 0 Å². The smallest absolute Gasteiger partial charge is 0.415 e. The second kappa shape index (κ2) is 13.0. The Kier molecular flexibility index (Phi) is 8.58. The van der Waals surface area contributed by atoms with E-state index in [1.54, 1.807) is 12.1 Å². The molecule has 0 saturated carbocycles. The highest BCUT2D eigenvalue weighted by Crippen LogP contribution is 2.31. The molecule has 43 heavy (non-hydrogen) atoms. The van der Waals surface area contributed by atoms with E-state index in [1.807, 2.05) is 60.7 Å². The molecule has 2 aliphatic heterocycles. The van der Waals surface area contributed by atoms with E-state index in [0.717, 1.165) is 35.3 Å². The maximum absolute atomic E-state index is 13.8. The summed E-state index contributed by atoms with van der Waals surface area (Å²) in [5.41, 5.74) is 5.05. The Hall–Kier alpha value is -4.79. The molecule has 0 unspecified atom stereocenters. The zero-order valence-electron chi connectivity index (χ0n) is 23.8. The van der Waals surface area contributed by atoms with Crippen LogP contribution in [-0.4, -0.2) is 58.1 Å². The first kappa shape index (κ1) is 28.3. The van der Waals surface area contributed by atoms with Gasteiger partial charge in [-0.05, 0) is 46.9 Å². The third-order valence-electron chi connectivity index (χ3n) is 7.66. The van der Waals surface area contributed by atoms with Crippen LogP contribution < -0.4 is 0 Å². The summed E-state index contributed by atoms with van der Waals surface area (Å²) in [6, 6.07) is 28.8. The predicted molar refractivity (Wildman–Crippen MR) is 162 cm³/mol. The summed E-state index contributed by atoms with van der Waals surface area (Å²) >= 11 is 0. The first-order valence-electron chi connectivity index (χ1n) is 14.4. The highest BCUT2D eigenvalue weighted by Gasteiger charge is 2.37. The number of aromatic nitrogens is 1. The number of hydrogen-bond donors (Lipinski definition) is 1. The fraction of sp³-hybridized carbons (Fsp3) is 0.229. The zero-order valence-corrected chi connectivity index (χ0v) is 23.8. The molecule has 1 amide bonds.